The molecular weight excluding hydrogens is 222 g/mol. The van der Waals surface area contributed by atoms with Gasteiger partial charge in [0.25, 0.3) is 0 Å². The van der Waals surface area contributed by atoms with E-state index in [2.05, 4.69) is 27.0 Å². The highest BCUT2D eigenvalue weighted by Crippen LogP contribution is 2.07. The fraction of sp³-hybridized carbons (Fsp3) is 0.833. The maximum atomic E-state index is 10.5. The molecule has 16 heavy (non-hydrogen) atoms. The molecule has 3 nitrogen and oxygen atoms in total. The molecule has 0 N–H and O–H groups in total. The lowest BCUT2D eigenvalue weighted by Gasteiger charge is -2.01. The first-order valence-electron chi connectivity index (χ1n) is 5.83. The molecule has 1 fully saturated rings. The first kappa shape index (κ1) is 17.9. The molecule has 0 radical (unpaired) electrons. The van der Waals surface area contributed by atoms with Crippen LogP contribution in [-0.4, -0.2) is 35.8 Å². The molecule has 0 unspecified atom stereocenters. The number of hydrogen-bond donors (Lipinski definition) is 0. The predicted molar refractivity (Wildman–Crippen MR) is 71.6 cm³/mol. The van der Waals surface area contributed by atoms with E-state index >= 15 is 0 Å². The normalized spacial score (nSPS) is 13.9. The molecule has 0 aromatic heterocycles. The molecule has 0 aromatic carbocycles. The van der Waals surface area contributed by atoms with Gasteiger partial charge in [-0.25, -0.2) is 0 Å². The van der Waals surface area contributed by atoms with Gasteiger partial charge in [0.05, 0.1) is 0 Å². The van der Waals surface area contributed by atoms with Gasteiger partial charge < -0.3 is 0 Å². The van der Waals surface area contributed by atoms with Crippen molar-refractivity contribution in [3.63, 3.8) is 0 Å². The molecule has 1 heterocycles. The number of likely N-dealkylation sites (tertiary alicyclic amines) is 1. The number of rotatable bonds is 2. The Balaban J connectivity index is 0. The van der Waals surface area contributed by atoms with Crippen molar-refractivity contribution >= 4 is 23.6 Å². The second kappa shape index (κ2) is 12.6. The van der Waals surface area contributed by atoms with Gasteiger partial charge >= 0.3 is 0 Å². The second-order valence-corrected chi connectivity index (χ2v) is 4.58. The first-order chi connectivity index (χ1) is 7.54. The lowest BCUT2D eigenvalue weighted by molar-refractivity contribution is -0.136. The fourth-order valence-electron chi connectivity index (χ4n) is 0.688. The minimum absolute atomic E-state index is 0.0602. The van der Waals surface area contributed by atoms with Gasteiger partial charge in [-0.2, -0.15) is 11.8 Å². The standard InChI is InChI=1S/C5H7NO2.C4H10.C3H8S/c1-6-4(7)2-3-5(6)8;2*1-3-4-2/h2-3H2,1H3;3-4H2,1-2H3;3H2,1-2H3. The van der Waals surface area contributed by atoms with Crippen molar-refractivity contribution < 1.29 is 9.59 Å². The van der Waals surface area contributed by atoms with Crippen molar-refractivity contribution in [1.82, 2.24) is 4.90 Å². The number of imide groups is 1. The Kier molecular flexibility index (Phi) is 14.0. The molecule has 0 aliphatic carbocycles. The highest BCUT2D eigenvalue weighted by molar-refractivity contribution is 7.98. The molecule has 1 aliphatic rings. The molecule has 0 atom stereocenters. The van der Waals surface area contributed by atoms with E-state index in [1.54, 1.807) is 0 Å². The van der Waals surface area contributed by atoms with Crippen molar-refractivity contribution in [3.05, 3.63) is 0 Å². The summed E-state index contributed by atoms with van der Waals surface area (Å²) in [6, 6.07) is 0. The van der Waals surface area contributed by atoms with E-state index in [1.165, 1.54) is 30.5 Å². The monoisotopic (exact) mass is 247 g/mol. The van der Waals surface area contributed by atoms with Crippen LogP contribution in [0.1, 0.15) is 46.5 Å². The van der Waals surface area contributed by atoms with E-state index in [0.717, 1.165) is 0 Å². The second-order valence-electron chi connectivity index (χ2n) is 3.42. The highest BCUT2D eigenvalue weighted by Gasteiger charge is 2.24. The number of nitrogens with zero attached hydrogens (tertiary/aromatic N) is 1. The van der Waals surface area contributed by atoms with E-state index in [9.17, 15) is 9.59 Å². The van der Waals surface area contributed by atoms with E-state index < -0.39 is 0 Å². The Morgan fingerprint density at radius 1 is 1.06 bits per heavy atom. The fourth-order valence-corrected chi connectivity index (χ4v) is 0.688. The van der Waals surface area contributed by atoms with E-state index in [1.807, 2.05) is 11.8 Å². The Hall–Kier alpha value is -0.510. The molecule has 0 aromatic rings. The smallest absolute Gasteiger partial charge is 0.229 e. The van der Waals surface area contributed by atoms with Crippen molar-refractivity contribution in [2.75, 3.05) is 19.1 Å². The van der Waals surface area contributed by atoms with Crippen LogP contribution in [0, 0.1) is 0 Å². The van der Waals surface area contributed by atoms with Crippen molar-refractivity contribution in [1.29, 1.82) is 0 Å². The molecule has 0 bridgehead atoms. The zero-order valence-electron chi connectivity index (χ0n) is 11.2. The zero-order chi connectivity index (χ0) is 13.0. The van der Waals surface area contributed by atoms with Crippen LogP contribution in [0.3, 0.4) is 0 Å². The van der Waals surface area contributed by atoms with Gasteiger partial charge in [0.2, 0.25) is 11.8 Å². The molecular formula is C12H25NO2S. The molecule has 96 valence electrons. The number of hydrogen-bond acceptors (Lipinski definition) is 3. The summed E-state index contributed by atoms with van der Waals surface area (Å²) in [5, 5.41) is 0. The Bertz CT molecular complexity index is 171. The van der Waals surface area contributed by atoms with Crippen molar-refractivity contribution in [2.24, 2.45) is 0 Å². The quantitative estimate of drug-likeness (QED) is 0.704. The van der Waals surface area contributed by atoms with Crippen molar-refractivity contribution in [2.45, 2.75) is 46.5 Å². The summed E-state index contributed by atoms with van der Waals surface area (Å²) in [5.74, 6) is 1.12. The average Bonchev–Trinajstić information content (AvgIpc) is 2.61. The van der Waals surface area contributed by atoms with Gasteiger partial charge in [0.15, 0.2) is 0 Å². The summed E-state index contributed by atoms with van der Waals surface area (Å²) in [7, 11) is 1.51. The minimum Gasteiger partial charge on any atom is -0.286 e. The molecule has 4 heteroatoms. The van der Waals surface area contributed by atoms with Gasteiger partial charge in [-0.3, -0.25) is 14.5 Å². The summed E-state index contributed by atoms with van der Waals surface area (Å²) >= 11 is 1.86. The topological polar surface area (TPSA) is 37.4 Å². The summed E-state index contributed by atoms with van der Waals surface area (Å²) in [4.78, 5) is 22.1. The van der Waals surface area contributed by atoms with Crippen LogP contribution < -0.4 is 0 Å². The van der Waals surface area contributed by atoms with Crippen LogP contribution in [0.4, 0.5) is 0 Å². The first-order valence-corrected chi connectivity index (χ1v) is 7.22. The number of amides is 2. The number of unbranched alkanes of at least 4 members (excludes halogenated alkanes) is 1. The lowest BCUT2D eigenvalue weighted by atomic mass is 10.4. The van der Waals surface area contributed by atoms with E-state index in [4.69, 9.17) is 0 Å². The molecule has 2 amide bonds. The highest BCUT2D eigenvalue weighted by atomic mass is 32.2. The largest absolute Gasteiger partial charge is 0.286 e. The maximum absolute atomic E-state index is 10.5. The predicted octanol–water partition coefficient (Wildman–Crippen LogP) is 2.94. The van der Waals surface area contributed by atoms with Crippen LogP contribution in [0.2, 0.25) is 0 Å². The van der Waals surface area contributed by atoms with E-state index in [0.29, 0.717) is 12.8 Å². The van der Waals surface area contributed by atoms with E-state index in [-0.39, 0.29) is 11.8 Å². The Morgan fingerprint density at radius 2 is 1.38 bits per heavy atom. The Morgan fingerprint density at radius 3 is 1.44 bits per heavy atom. The van der Waals surface area contributed by atoms with Crippen molar-refractivity contribution in [3.8, 4) is 0 Å². The lowest BCUT2D eigenvalue weighted by Crippen LogP contribution is -2.23. The average molecular weight is 247 g/mol. The molecule has 1 rings (SSSR count). The van der Waals surface area contributed by atoms with Crippen LogP contribution in [0.5, 0.6) is 0 Å². The molecule has 0 spiro atoms. The third-order valence-electron chi connectivity index (χ3n) is 2.09. The Labute approximate surface area is 104 Å². The SMILES string of the molecule is CCCC.CCSC.CN1C(=O)CCC1=O. The third-order valence-corrected chi connectivity index (χ3v) is 2.67. The number of thioether (sulfide) groups is 1. The minimum atomic E-state index is -0.0602. The number of carbonyl (C=O) groups is 2. The van der Waals surface area contributed by atoms with Gasteiger partial charge in [-0.05, 0) is 12.0 Å². The third kappa shape index (κ3) is 10.0. The summed E-state index contributed by atoms with van der Waals surface area (Å²) in [6.45, 7) is 6.50. The summed E-state index contributed by atoms with van der Waals surface area (Å²) < 4.78 is 0. The van der Waals surface area contributed by atoms with Crippen LogP contribution in [-0.2, 0) is 9.59 Å². The van der Waals surface area contributed by atoms with Gasteiger partial charge in [0, 0.05) is 19.9 Å². The van der Waals surface area contributed by atoms with Crippen LogP contribution in [0.25, 0.3) is 0 Å². The van der Waals surface area contributed by atoms with Crippen LogP contribution >= 0.6 is 11.8 Å². The number of carbonyl (C=O) groups excluding carboxylic acids is 2. The maximum Gasteiger partial charge on any atom is 0.229 e. The van der Waals surface area contributed by atoms with Gasteiger partial charge in [-0.1, -0.05) is 33.6 Å². The summed E-state index contributed by atoms with van der Waals surface area (Å²) in [5.41, 5.74) is 0. The molecule has 0 saturated carbocycles. The molecule has 1 aliphatic heterocycles. The summed E-state index contributed by atoms with van der Waals surface area (Å²) in [6.07, 6.45) is 5.53. The zero-order valence-corrected chi connectivity index (χ0v) is 12.0. The van der Waals surface area contributed by atoms with Gasteiger partial charge in [-0.15, -0.1) is 0 Å². The molecule has 1 saturated heterocycles. The van der Waals surface area contributed by atoms with Gasteiger partial charge in [0.1, 0.15) is 0 Å². The van der Waals surface area contributed by atoms with Crippen LogP contribution in [0.15, 0.2) is 0 Å².